The van der Waals surface area contributed by atoms with Gasteiger partial charge in [-0.3, -0.25) is 0 Å². The molecule has 5 nitrogen and oxygen atoms in total. The largest absolute Gasteiger partial charge is 0.329 e. The summed E-state index contributed by atoms with van der Waals surface area (Å²) >= 11 is 0. The maximum atomic E-state index is 11.9. The lowest BCUT2D eigenvalue weighted by molar-refractivity contribution is 0.339. The fraction of sp³-hybridized carbons (Fsp3) is 1.00. The fourth-order valence-electron chi connectivity index (χ4n) is 1.82. The van der Waals surface area contributed by atoms with Crippen molar-refractivity contribution in [3.05, 3.63) is 0 Å². The number of nitrogens with two attached hydrogens (primary N) is 1. The Hall–Kier alpha value is -0.170. The number of nitrogens with one attached hydrogen (secondary N) is 2. The van der Waals surface area contributed by atoms with E-state index in [1.807, 2.05) is 20.8 Å². The van der Waals surface area contributed by atoms with E-state index in [2.05, 4.69) is 9.44 Å². The first kappa shape index (κ1) is 16.8. The van der Waals surface area contributed by atoms with Gasteiger partial charge in [0.2, 0.25) is 0 Å². The second kappa shape index (κ2) is 5.65. The average Bonchev–Trinajstić information content (AvgIpc) is 1.95. The van der Waals surface area contributed by atoms with Gasteiger partial charge in [-0.2, -0.15) is 17.9 Å². The molecule has 4 N–H and O–H groups in total. The molecule has 0 heterocycles. The summed E-state index contributed by atoms with van der Waals surface area (Å²) < 4.78 is 29.1. The molecule has 0 bridgehead atoms. The van der Waals surface area contributed by atoms with Crippen molar-refractivity contribution in [2.24, 2.45) is 11.7 Å². The molecule has 0 saturated heterocycles. The Kier molecular flexibility index (Phi) is 5.59. The summed E-state index contributed by atoms with van der Waals surface area (Å²) in [7, 11) is -3.53. The minimum absolute atomic E-state index is 0.274. The summed E-state index contributed by atoms with van der Waals surface area (Å²) in [6, 6.07) is 0. The summed E-state index contributed by atoms with van der Waals surface area (Å²) in [4.78, 5) is 0. The highest BCUT2D eigenvalue weighted by atomic mass is 32.2. The van der Waals surface area contributed by atoms with Crippen LogP contribution in [0.2, 0.25) is 0 Å². The normalized spacial score (nSPS) is 17.2. The molecule has 0 radical (unpaired) electrons. The fourth-order valence-corrected chi connectivity index (χ4v) is 3.49. The molecular formula is C11H27N3O2S. The predicted octanol–water partition coefficient (Wildman–Crippen LogP) is 0.972. The molecule has 0 amide bonds. The van der Waals surface area contributed by atoms with Crippen LogP contribution in [0.3, 0.4) is 0 Å². The maximum absolute atomic E-state index is 11.9. The molecule has 0 fully saturated rings. The molecule has 0 aliphatic rings. The van der Waals surface area contributed by atoms with Crippen molar-refractivity contribution in [2.45, 2.75) is 59.0 Å². The van der Waals surface area contributed by atoms with Crippen LogP contribution in [0.25, 0.3) is 0 Å². The van der Waals surface area contributed by atoms with Gasteiger partial charge < -0.3 is 5.73 Å². The van der Waals surface area contributed by atoms with Gasteiger partial charge in [0.05, 0.1) is 0 Å². The van der Waals surface area contributed by atoms with Gasteiger partial charge in [-0.15, -0.1) is 0 Å². The van der Waals surface area contributed by atoms with E-state index in [4.69, 9.17) is 5.73 Å². The molecule has 6 heteroatoms. The zero-order chi connectivity index (χ0) is 13.9. The lowest BCUT2D eigenvalue weighted by atomic mass is 9.92. The van der Waals surface area contributed by atoms with E-state index in [1.54, 1.807) is 20.8 Å². The number of hydrogen-bond acceptors (Lipinski definition) is 3. The zero-order valence-corrected chi connectivity index (χ0v) is 12.6. The van der Waals surface area contributed by atoms with E-state index >= 15 is 0 Å². The lowest BCUT2D eigenvalue weighted by Gasteiger charge is -2.32. The van der Waals surface area contributed by atoms with Crippen LogP contribution in [0.1, 0.15) is 48.0 Å². The third-order valence-corrected chi connectivity index (χ3v) is 3.77. The Bertz CT molecular complexity index is 333. The summed E-state index contributed by atoms with van der Waals surface area (Å²) in [5, 5.41) is 0. The Morgan fingerprint density at radius 1 is 1.12 bits per heavy atom. The van der Waals surface area contributed by atoms with Crippen molar-refractivity contribution in [3.63, 3.8) is 0 Å². The van der Waals surface area contributed by atoms with Gasteiger partial charge in [0.15, 0.2) is 0 Å². The van der Waals surface area contributed by atoms with Crippen molar-refractivity contribution in [2.75, 3.05) is 6.54 Å². The molecule has 0 spiro atoms. The van der Waals surface area contributed by atoms with Crippen LogP contribution in [-0.4, -0.2) is 26.0 Å². The summed E-state index contributed by atoms with van der Waals surface area (Å²) in [5.41, 5.74) is 4.56. The van der Waals surface area contributed by atoms with E-state index in [-0.39, 0.29) is 6.54 Å². The molecule has 1 atom stereocenters. The summed E-state index contributed by atoms with van der Waals surface area (Å²) in [6.45, 7) is 11.6. The van der Waals surface area contributed by atoms with Crippen LogP contribution >= 0.6 is 0 Å². The van der Waals surface area contributed by atoms with Crippen molar-refractivity contribution in [1.82, 2.24) is 9.44 Å². The van der Waals surface area contributed by atoms with Crippen molar-refractivity contribution >= 4 is 10.2 Å². The average molecular weight is 265 g/mol. The van der Waals surface area contributed by atoms with Gasteiger partial charge in [-0.25, -0.2) is 0 Å². The van der Waals surface area contributed by atoms with E-state index in [9.17, 15) is 8.42 Å². The molecule has 0 aromatic heterocycles. The highest BCUT2D eigenvalue weighted by Crippen LogP contribution is 2.16. The molecular weight excluding hydrogens is 238 g/mol. The van der Waals surface area contributed by atoms with Gasteiger partial charge >= 0.3 is 0 Å². The number of rotatable bonds is 6. The van der Waals surface area contributed by atoms with Crippen LogP contribution in [0, 0.1) is 5.92 Å². The minimum atomic E-state index is -3.53. The molecule has 0 aromatic carbocycles. The summed E-state index contributed by atoms with van der Waals surface area (Å²) in [5.74, 6) is 0.376. The molecule has 0 aliphatic carbocycles. The Balaban J connectivity index is 4.78. The van der Waals surface area contributed by atoms with Gasteiger partial charge in [-0.1, -0.05) is 13.8 Å². The quantitative estimate of drug-likeness (QED) is 0.669. The summed E-state index contributed by atoms with van der Waals surface area (Å²) in [6.07, 6.45) is 0.703. The number of hydrogen-bond donors (Lipinski definition) is 3. The lowest BCUT2D eigenvalue weighted by Crippen LogP contribution is -2.57. The van der Waals surface area contributed by atoms with Gasteiger partial charge in [0.25, 0.3) is 10.2 Å². The molecule has 104 valence electrons. The first-order valence-corrected chi connectivity index (χ1v) is 7.40. The second-order valence-electron chi connectivity index (χ2n) is 6.32. The zero-order valence-electron chi connectivity index (χ0n) is 11.8. The SMILES string of the molecule is CC(C)CC(C)(CN)NS(=O)(=O)NC(C)(C)C. The smallest absolute Gasteiger partial charge is 0.277 e. The molecule has 0 aliphatic heterocycles. The van der Waals surface area contributed by atoms with Crippen molar-refractivity contribution < 1.29 is 8.42 Å². The Morgan fingerprint density at radius 3 is 1.88 bits per heavy atom. The van der Waals surface area contributed by atoms with Crippen molar-refractivity contribution in [1.29, 1.82) is 0 Å². The van der Waals surface area contributed by atoms with E-state index in [0.29, 0.717) is 12.3 Å². The monoisotopic (exact) mass is 265 g/mol. The standard InChI is InChI=1S/C11H27N3O2S/c1-9(2)7-11(6,8-12)14-17(15,16)13-10(3,4)5/h9,13-14H,7-8,12H2,1-6H3. The minimum Gasteiger partial charge on any atom is -0.329 e. The first-order valence-electron chi connectivity index (χ1n) is 5.92. The molecule has 0 aromatic rings. The topological polar surface area (TPSA) is 84.2 Å². The van der Waals surface area contributed by atoms with Gasteiger partial charge in [-0.05, 0) is 40.0 Å². The van der Waals surface area contributed by atoms with Crippen LogP contribution in [0.5, 0.6) is 0 Å². The second-order valence-corrected chi connectivity index (χ2v) is 7.74. The molecule has 0 saturated carbocycles. The third-order valence-electron chi connectivity index (χ3n) is 2.13. The molecule has 1 unspecified atom stereocenters. The third kappa shape index (κ3) is 7.70. The van der Waals surface area contributed by atoms with Crippen LogP contribution in [-0.2, 0) is 10.2 Å². The van der Waals surface area contributed by atoms with Crippen LogP contribution in [0.4, 0.5) is 0 Å². The van der Waals surface area contributed by atoms with E-state index in [0.717, 1.165) is 0 Å². The van der Waals surface area contributed by atoms with E-state index in [1.165, 1.54) is 0 Å². The Labute approximate surface area is 106 Å². The Morgan fingerprint density at radius 2 is 1.59 bits per heavy atom. The first-order chi connectivity index (χ1) is 7.39. The highest BCUT2D eigenvalue weighted by Gasteiger charge is 2.31. The van der Waals surface area contributed by atoms with Gasteiger partial charge in [0.1, 0.15) is 0 Å². The highest BCUT2D eigenvalue weighted by molar-refractivity contribution is 7.87. The van der Waals surface area contributed by atoms with Gasteiger partial charge in [0, 0.05) is 17.6 Å². The van der Waals surface area contributed by atoms with Crippen molar-refractivity contribution in [3.8, 4) is 0 Å². The maximum Gasteiger partial charge on any atom is 0.277 e. The van der Waals surface area contributed by atoms with Crippen LogP contribution < -0.4 is 15.2 Å². The predicted molar refractivity (Wildman–Crippen MR) is 71.9 cm³/mol. The molecule has 0 rings (SSSR count). The molecule has 17 heavy (non-hydrogen) atoms. The van der Waals surface area contributed by atoms with E-state index < -0.39 is 21.3 Å². The van der Waals surface area contributed by atoms with Crippen LogP contribution in [0.15, 0.2) is 0 Å².